The SMILES string of the molecule is C[C@@]1(c2cc(NC(=O)c3ncc(C#N)cc3C3CC3)ccc2Cl)C=C(CF)OC(N)=N1. The molecule has 7 nitrogen and oxygen atoms in total. The van der Waals surface area contributed by atoms with E-state index in [9.17, 15) is 9.18 Å². The summed E-state index contributed by atoms with van der Waals surface area (Å²) < 4.78 is 18.3. The van der Waals surface area contributed by atoms with Gasteiger partial charge in [-0.25, -0.2) is 14.4 Å². The largest absolute Gasteiger partial charge is 0.428 e. The zero-order valence-corrected chi connectivity index (χ0v) is 17.4. The number of hydrogen-bond donors (Lipinski definition) is 2. The third-order valence-corrected chi connectivity index (χ3v) is 5.53. The molecule has 1 aliphatic heterocycles. The van der Waals surface area contributed by atoms with Gasteiger partial charge >= 0.3 is 0 Å². The lowest BCUT2D eigenvalue weighted by atomic mass is 9.90. The van der Waals surface area contributed by atoms with E-state index in [4.69, 9.17) is 27.3 Å². The standard InChI is InChI=1S/C22H19ClFN5O2/c1-22(8-15(9-24)31-21(26)29-22)17-7-14(4-5-18(17)23)28-20(30)19-16(13-2-3-13)6-12(10-25)11-27-19/h4-8,11,13H,2-3,9H2,1H3,(H2,26,29)(H,28,30)/t22-/m0/s1. The number of hydrogen-bond acceptors (Lipinski definition) is 6. The zero-order valence-electron chi connectivity index (χ0n) is 16.7. The van der Waals surface area contributed by atoms with Crippen LogP contribution >= 0.6 is 11.6 Å². The molecule has 31 heavy (non-hydrogen) atoms. The number of rotatable bonds is 5. The van der Waals surface area contributed by atoms with Gasteiger partial charge in [-0.3, -0.25) is 4.79 Å². The molecule has 9 heteroatoms. The van der Waals surface area contributed by atoms with Gasteiger partial charge in [0.15, 0.2) is 0 Å². The Morgan fingerprint density at radius 1 is 1.45 bits per heavy atom. The van der Waals surface area contributed by atoms with Gasteiger partial charge in [0, 0.05) is 22.5 Å². The van der Waals surface area contributed by atoms with E-state index in [1.165, 1.54) is 12.3 Å². The summed E-state index contributed by atoms with van der Waals surface area (Å²) in [7, 11) is 0. The first-order valence-electron chi connectivity index (χ1n) is 9.65. The number of aliphatic imine (C=N–C) groups is 1. The highest BCUT2D eigenvalue weighted by molar-refractivity contribution is 6.31. The summed E-state index contributed by atoms with van der Waals surface area (Å²) >= 11 is 6.39. The number of pyridine rings is 1. The fourth-order valence-corrected chi connectivity index (χ4v) is 3.89. The number of anilines is 1. The van der Waals surface area contributed by atoms with Gasteiger partial charge in [0.25, 0.3) is 11.9 Å². The number of aromatic nitrogens is 1. The number of nitrogens with one attached hydrogen (secondary N) is 1. The Labute approximate surface area is 183 Å². The first-order valence-corrected chi connectivity index (χ1v) is 10.0. The monoisotopic (exact) mass is 439 g/mol. The maximum Gasteiger partial charge on any atom is 0.288 e. The molecule has 0 radical (unpaired) electrons. The van der Waals surface area contributed by atoms with Crippen LogP contribution in [0.3, 0.4) is 0 Å². The number of ether oxygens (including phenoxy) is 1. The summed E-state index contributed by atoms with van der Waals surface area (Å²) in [4.78, 5) is 21.4. The molecule has 2 heterocycles. The molecule has 4 rings (SSSR count). The number of carbonyl (C=O) groups excluding carboxylic acids is 1. The Bertz CT molecular complexity index is 1170. The van der Waals surface area contributed by atoms with E-state index in [1.54, 1.807) is 31.2 Å². The van der Waals surface area contributed by atoms with Gasteiger partial charge in [0.2, 0.25) is 0 Å². The van der Waals surface area contributed by atoms with Gasteiger partial charge in [0.05, 0.1) is 5.56 Å². The molecule has 1 aromatic heterocycles. The van der Waals surface area contributed by atoms with Crippen LogP contribution in [0.25, 0.3) is 0 Å². The molecule has 158 valence electrons. The van der Waals surface area contributed by atoms with Crippen molar-refractivity contribution >= 4 is 29.2 Å². The van der Waals surface area contributed by atoms with Crippen LogP contribution in [0.4, 0.5) is 10.1 Å². The fraction of sp³-hybridized carbons (Fsp3) is 0.273. The predicted octanol–water partition coefficient (Wildman–Crippen LogP) is 4.15. The van der Waals surface area contributed by atoms with Crippen molar-refractivity contribution in [3.8, 4) is 6.07 Å². The lowest BCUT2D eigenvalue weighted by Gasteiger charge is -2.28. The molecule has 0 bridgehead atoms. The molecule has 1 fully saturated rings. The molecular formula is C22H19ClFN5O2. The van der Waals surface area contributed by atoms with Crippen LogP contribution in [0.1, 0.15) is 52.9 Å². The summed E-state index contributed by atoms with van der Waals surface area (Å²) in [5.41, 5.74) is 7.13. The molecular weight excluding hydrogens is 421 g/mol. The molecule has 0 saturated heterocycles. The topological polar surface area (TPSA) is 113 Å². The number of nitrogens with two attached hydrogens (primary N) is 1. The van der Waals surface area contributed by atoms with Crippen molar-refractivity contribution in [1.29, 1.82) is 5.26 Å². The van der Waals surface area contributed by atoms with Crippen LogP contribution in [0.15, 0.2) is 47.3 Å². The highest BCUT2D eigenvalue weighted by Gasteiger charge is 2.33. The number of nitriles is 1. The summed E-state index contributed by atoms with van der Waals surface area (Å²) in [6.07, 6.45) is 4.82. The van der Waals surface area contributed by atoms with Gasteiger partial charge < -0.3 is 15.8 Å². The van der Waals surface area contributed by atoms with Crippen molar-refractivity contribution in [1.82, 2.24) is 4.98 Å². The van der Waals surface area contributed by atoms with Crippen molar-refractivity contribution in [3.63, 3.8) is 0 Å². The molecule has 1 saturated carbocycles. The quantitative estimate of drug-likeness (QED) is 0.726. The van der Waals surface area contributed by atoms with E-state index >= 15 is 0 Å². The van der Waals surface area contributed by atoms with E-state index in [0.29, 0.717) is 21.8 Å². The van der Waals surface area contributed by atoms with Crippen molar-refractivity contribution in [2.45, 2.75) is 31.2 Å². The van der Waals surface area contributed by atoms with Crippen LogP contribution in [0, 0.1) is 11.3 Å². The molecule has 0 unspecified atom stereocenters. The number of alkyl halides is 1. The van der Waals surface area contributed by atoms with E-state index < -0.39 is 12.2 Å². The first kappa shape index (κ1) is 20.8. The Balaban J connectivity index is 1.66. The third-order valence-electron chi connectivity index (χ3n) is 5.20. The molecule has 1 aliphatic carbocycles. The fourth-order valence-electron chi connectivity index (χ4n) is 3.58. The van der Waals surface area contributed by atoms with Gasteiger partial charge in [0.1, 0.15) is 29.7 Å². The van der Waals surface area contributed by atoms with E-state index in [1.807, 2.05) is 0 Å². The number of benzene rings is 1. The minimum Gasteiger partial charge on any atom is -0.428 e. The first-order chi connectivity index (χ1) is 14.8. The summed E-state index contributed by atoms with van der Waals surface area (Å²) in [6, 6.07) is 8.54. The number of amidine groups is 1. The second kappa shape index (κ2) is 8.00. The lowest BCUT2D eigenvalue weighted by molar-refractivity contribution is 0.102. The van der Waals surface area contributed by atoms with E-state index in [0.717, 1.165) is 18.4 Å². The average Bonchev–Trinajstić information content (AvgIpc) is 3.59. The van der Waals surface area contributed by atoms with Crippen molar-refractivity contribution in [2.75, 3.05) is 12.0 Å². The lowest BCUT2D eigenvalue weighted by Crippen LogP contribution is -2.30. The Morgan fingerprint density at radius 2 is 2.23 bits per heavy atom. The van der Waals surface area contributed by atoms with E-state index in [2.05, 4.69) is 21.4 Å². The number of amides is 1. The second-order valence-corrected chi connectivity index (χ2v) is 8.05. The molecule has 3 N–H and O–H groups in total. The molecule has 0 spiro atoms. The van der Waals surface area contributed by atoms with Gasteiger partial charge in [-0.2, -0.15) is 5.26 Å². The second-order valence-electron chi connectivity index (χ2n) is 7.64. The normalized spacial score (nSPS) is 20.2. The van der Waals surface area contributed by atoms with Crippen LogP contribution < -0.4 is 11.1 Å². The van der Waals surface area contributed by atoms with Crippen LogP contribution in [-0.4, -0.2) is 23.6 Å². The number of allylic oxidation sites excluding steroid dienone is 1. The number of carbonyl (C=O) groups is 1. The average molecular weight is 440 g/mol. The molecule has 1 atom stereocenters. The maximum atomic E-state index is 13.2. The van der Waals surface area contributed by atoms with Crippen molar-refractivity contribution in [3.05, 3.63) is 69.7 Å². The highest BCUT2D eigenvalue weighted by Crippen LogP contribution is 2.42. The van der Waals surface area contributed by atoms with Crippen LogP contribution in [0.2, 0.25) is 5.02 Å². The summed E-state index contributed by atoms with van der Waals surface area (Å²) in [5, 5.41) is 12.3. The van der Waals surface area contributed by atoms with Crippen LogP contribution in [0.5, 0.6) is 0 Å². The highest BCUT2D eigenvalue weighted by atomic mass is 35.5. The molecule has 2 aromatic rings. The summed E-state index contributed by atoms with van der Waals surface area (Å²) in [5.74, 6) is -0.110. The van der Waals surface area contributed by atoms with Gasteiger partial charge in [-0.15, -0.1) is 0 Å². The van der Waals surface area contributed by atoms with Crippen molar-refractivity contribution in [2.24, 2.45) is 10.7 Å². The van der Waals surface area contributed by atoms with Gasteiger partial charge in [-0.1, -0.05) is 11.6 Å². The van der Waals surface area contributed by atoms with E-state index in [-0.39, 0.29) is 29.3 Å². The van der Waals surface area contributed by atoms with Crippen molar-refractivity contribution < 1.29 is 13.9 Å². The summed E-state index contributed by atoms with van der Waals surface area (Å²) in [6.45, 7) is 0.881. The van der Waals surface area contributed by atoms with Gasteiger partial charge in [-0.05, 0) is 61.6 Å². The third kappa shape index (κ3) is 4.23. The maximum absolute atomic E-state index is 13.2. The minimum absolute atomic E-state index is 0.0383. The number of halogens is 2. The Hall–Kier alpha value is -3.44. The molecule has 1 aromatic carbocycles. The molecule has 1 amide bonds. The Morgan fingerprint density at radius 3 is 2.90 bits per heavy atom. The van der Waals surface area contributed by atoms with Crippen LogP contribution in [-0.2, 0) is 10.3 Å². The zero-order chi connectivity index (χ0) is 22.2. The number of nitrogens with zero attached hydrogens (tertiary/aromatic N) is 3. The minimum atomic E-state index is -1.06. The smallest absolute Gasteiger partial charge is 0.288 e. The predicted molar refractivity (Wildman–Crippen MR) is 114 cm³/mol. The molecule has 2 aliphatic rings. The Kier molecular flexibility index (Phi) is 5.38.